The van der Waals surface area contributed by atoms with Crippen LogP contribution < -0.4 is 0 Å². The first kappa shape index (κ1) is 7.79. The molecule has 0 saturated heterocycles. The van der Waals surface area contributed by atoms with E-state index in [1.54, 1.807) is 0 Å². The zero-order valence-corrected chi connectivity index (χ0v) is 4.92. The minimum atomic E-state index is -2.29. The predicted molar refractivity (Wildman–Crippen MR) is 26.1 cm³/mol. The van der Waals surface area contributed by atoms with Crippen molar-refractivity contribution in [2.45, 2.75) is 25.7 Å². The molecule has 0 rings (SSSR count). The summed E-state index contributed by atoms with van der Waals surface area (Å²) in [4.78, 5) is 0. The molecule has 0 aliphatic heterocycles. The number of halogens is 3. The van der Waals surface area contributed by atoms with Gasteiger partial charge in [-0.1, -0.05) is 0 Å². The molecule has 50 valence electrons. The van der Waals surface area contributed by atoms with Gasteiger partial charge >= 0.3 is 0 Å². The van der Waals surface area contributed by atoms with Crippen LogP contribution in [-0.2, 0) is 0 Å². The smallest absolute Gasteiger partial charge is 0.167 e. The summed E-state index contributed by atoms with van der Waals surface area (Å²) in [6, 6.07) is 0. The van der Waals surface area contributed by atoms with Gasteiger partial charge in [0.15, 0.2) is 5.67 Å². The van der Waals surface area contributed by atoms with E-state index in [1.807, 2.05) is 0 Å². The topological polar surface area (TPSA) is 0 Å². The zero-order chi connectivity index (χ0) is 6.78. The normalized spacial score (nSPS) is 22.1. The number of alkyl halides is 3. The van der Waals surface area contributed by atoms with Crippen molar-refractivity contribution >= 4 is 0 Å². The second kappa shape index (κ2) is 2.37. The third-order valence-electron chi connectivity index (χ3n) is 1.09. The maximum Gasteiger partial charge on any atom is 0.167 e. The van der Waals surface area contributed by atoms with E-state index in [9.17, 15) is 13.2 Å². The van der Waals surface area contributed by atoms with Gasteiger partial charge in [0, 0.05) is 0 Å². The Morgan fingerprint density at radius 1 is 1.62 bits per heavy atom. The Morgan fingerprint density at radius 3 is 2.00 bits per heavy atom. The molecule has 0 aromatic rings. The Kier molecular flexibility index (Phi) is 2.31. The molecule has 0 fully saturated rings. The van der Waals surface area contributed by atoms with E-state index in [2.05, 4.69) is 0 Å². The Bertz CT molecular complexity index is 68.1. The molecule has 0 saturated carbocycles. The zero-order valence-electron chi connectivity index (χ0n) is 4.92. The second-order valence-electron chi connectivity index (χ2n) is 2.03. The minimum absolute atomic E-state index is 0.900. The van der Waals surface area contributed by atoms with Crippen molar-refractivity contribution < 1.29 is 13.2 Å². The summed E-state index contributed by atoms with van der Waals surface area (Å²) in [7, 11) is 0. The van der Waals surface area contributed by atoms with Crippen LogP contribution in [0.2, 0.25) is 0 Å². The van der Waals surface area contributed by atoms with Crippen molar-refractivity contribution in [2.75, 3.05) is 6.67 Å². The second-order valence-corrected chi connectivity index (χ2v) is 2.03. The predicted octanol–water partition coefficient (Wildman–Crippen LogP) is 2.04. The van der Waals surface area contributed by atoms with E-state index in [4.69, 9.17) is 0 Å². The van der Waals surface area contributed by atoms with Crippen LogP contribution in [-0.4, -0.2) is 18.5 Å². The number of hydrogen-bond acceptors (Lipinski definition) is 0. The molecule has 0 spiro atoms. The van der Waals surface area contributed by atoms with Crippen LogP contribution in [0.1, 0.15) is 13.8 Å². The van der Waals surface area contributed by atoms with Gasteiger partial charge in [-0.25, -0.2) is 13.2 Å². The Morgan fingerprint density at radius 2 is 2.00 bits per heavy atom. The van der Waals surface area contributed by atoms with E-state index >= 15 is 0 Å². The largest absolute Gasteiger partial charge is 0.247 e. The van der Waals surface area contributed by atoms with Gasteiger partial charge in [-0.3, -0.25) is 0 Å². The summed E-state index contributed by atoms with van der Waals surface area (Å²) in [5.74, 6) is 0. The Balaban J connectivity index is 3.71. The van der Waals surface area contributed by atoms with Crippen LogP contribution in [0.4, 0.5) is 13.2 Å². The first-order valence-electron chi connectivity index (χ1n) is 2.39. The van der Waals surface area contributed by atoms with Crippen molar-refractivity contribution in [2.24, 2.45) is 0 Å². The summed E-state index contributed by atoms with van der Waals surface area (Å²) in [5.41, 5.74) is -2.29. The van der Waals surface area contributed by atoms with Crippen molar-refractivity contribution in [1.29, 1.82) is 0 Å². The molecule has 3 heteroatoms. The average molecular weight is 126 g/mol. The quantitative estimate of drug-likeness (QED) is 0.531. The van der Waals surface area contributed by atoms with Crippen LogP contribution >= 0.6 is 0 Å². The minimum Gasteiger partial charge on any atom is -0.247 e. The first-order valence-corrected chi connectivity index (χ1v) is 2.39. The molecular formula is C5H9F3. The maximum atomic E-state index is 12.2. The van der Waals surface area contributed by atoms with Gasteiger partial charge in [-0.2, -0.15) is 0 Å². The fraction of sp³-hybridized carbons (Fsp3) is 1.00. The van der Waals surface area contributed by atoms with Crippen LogP contribution in [0.5, 0.6) is 0 Å². The summed E-state index contributed by atoms with van der Waals surface area (Å²) in [6.45, 7) is 0.641. The maximum absolute atomic E-state index is 12.2. The molecule has 0 amide bonds. The fourth-order valence-corrected chi connectivity index (χ4v) is 0.106. The molecule has 0 bridgehead atoms. The lowest BCUT2D eigenvalue weighted by atomic mass is 10.1. The highest BCUT2D eigenvalue weighted by Crippen LogP contribution is 2.18. The molecule has 1 unspecified atom stereocenters. The summed E-state index contributed by atoms with van der Waals surface area (Å²) in [5, 5.41) is 0. The lowest BCUT2D eigenvalue weighted by Gasteiger charge is -2.16. The summed E-state index contributed by atoms with van der Waals surface area (Å²) in [6.07, 6.45) is -1.73. The molecular weight excluding hydrogens is 117 g/mol. The molecule has 0 nitrogen and oxygen atoms in total. The molecule has 2 atom stereocenters. The molecule has 0 aliphatic rings. The Labute approximate surface area is 46.7 Å². The van der Waals surface area contributed by atoms with Crippen molar-refractivity contribution in [3.05, 3.63) is 0 Å². The highest BCUT2D eigenvalue weighted by atomic mass is 19.2. The van der Waals surface area contributed by atoms with Crippen LogP contribution in [0, 0.1) is 0 Å². The van der Waals surface area contributed by atoms with E-state index in [1.165, 1.54) is 0 Å². The van der Waals surface area contributed by atoms with E-state index in [-0.39, 0.29) is 0 Å². The standard InChI is InChI=1S/C5H9F3/c1-4(7)5(2,8)3-6/h4H,3H2,1-2H3/t4-,5?/m0/s1. The SMILES string of the molecule is C[C@H](F)C(C)(F)CF. The van der Waals surface area contributed by atoms with Crippen LogP contribution in [0.25, 0.3) is 0 Å². The highest BCUT2D eigenvalue weighted by molar-refractivity contribution is 4.77. The van der Waals surface area contributed by atoms with E-state index in [0.717, 1.165) is 13.8 Å². The van der Waals surface area contributed by atoms with Crippen molar-refractivity contribution in [1.82, 2.24) is 0 Å². The molecule has 0 N–H and O–H groups in total. The lowest BCUT2D eigenvalue weighted by molar-refractivity contribution is 0.0526. The number of hydrogen-bond donors (Lipinski definition) is 0. The van der Waals surface area contributed by atoms with E-state index < -0.39 is 18.5 Å². The third-order valence-corrected chi connectivity index (χ3v) is 1.09. The van der Waals surface area contributed by atoms with Gasteiger partial charge in [0.25, 0.3) is 0 Å². The molecule has 0 aromatic heterocycles. The van der Waals surface area contributed by atoms with Gasteiger partial charge in [0.05, 0.1) is 0 Å². The first-order chi connectivity index (χ1) is 3.50. The van der Waals surface area contributed by atoms with Gasteiger partial charge < -0.3 is 0 Å². The molecule has 8 heavy (non-hydrogen) atoms. The monoisotopic (exact) mass is 126 g/mol. The average Bonchev–Trinajstić information content (AvgIpc) is 1.67. The van der Waals surface area contributed by atoms with Gasteiger partial charge in [-0.15, -0.1) is 0 Å². The molecule has 0 radical (unpaired) electrons. The van der Waals surface area contributed by atoms with Gasteiger partial charge in [0.1, 0.15) is 12.8 Å². The molecule has 0 heterocycles. The Hall–Kier alpha value is -0.210. The number of rotatable bonds is 2. The fourth-order valence-electron chi connectivity index (χ4n) is 0.106. The molecule has 0 aromatic carbocycles. The van der Waals surface area contributed by atoms with Crippen LogP contribution in [0.3, 0.4) is 0 Å². The third kappa shape index (κ3) is 1.72. The van der Waals surface area contributed by atoms with Crippen molar-refractivity contribution in [3.8, 4) is 0 Å². The highest BCUT2D eigenvalue weighted by Gasteiger charge is 2.30. The summed E-state index contributed by atoms with van der Waals surface area (Å²) < 4.78 is 35.5. The summed E-state index contributed by atoms with van der Waals surface area (Å²) >= 11 is 0. The van der Waals surface area contributed by atoms with Gasteiger partial charge in [-0.05, 0) is 13.8 Å². The van der Waals surface area contributed by atoms with Crippen LogP contribution in [0.15, 0.2) is 0 Å². The lowest BCUT2D eigenvalue weighted by Crippen LogP contribution is -2.31. The van der Waals surface area contributed by atoms with Crippen molar-refractivity contribution in [3.63, 3.8) is 0 Å². The van der Waals surface area contributed by atoms with E-state index in [0.29, 0.717) is 0 Å². The molecule has 0 aliphatic carbocycles. The van der Waals surface area contributed by atoms with Gasteiger partial charge in [0.2, 0.25) is 0 Å².